The maximum atomic E-state index is 12.1. The lowest BCUT2D eigenvalue weighted by Gasteiger charge is -2.25. The second-order valence-electron chi connectivity index (χ2n) is 5.71. The van der Waals surface area contributed by atoms with Crippen LogP contribution >= 0.6 is 0 Å². The molecule has 2 fully saturated rings. The average Bonchev–Trinajstić information content (AvgIpc) is 2.75. The molecule has 2 N–H and O–H groups in total. The van der Waals surface area contributed by atoms with Gasteiger partial charge in [0.15, 0.2) is 0 Å². The monoisotopic (exact) mass is 283 g/mol. The third-order valence-electron chi connectivity index (χ3n) is 4.18. The van der Waals surface area contributed by atoms with E-state index in [0.717, 1.165) is 32.5 Å². The van der Waals surface area contributed by atoms with Gasteiger partial charge in [-0.1, -0.05) is 0 Å². The molecule has 1 unspecified atom stereocenters. The third kappa shape index (κ3) is 4.37. The lowest BCUT2D eigenvalue weighted by molar-refractivity contribution is -0.137. The quantitative estimate of drug-likeness (QED) is 0.742. The molecule has 0 aromatic carbocycles. The second kappa shape index (κ2) is 7.47. The zero-order chi connectivity index (χ0) is 14.4. The summed E-state index contributed by atoms with van der Waals surface area (Å²) in [5.41, 5.74) is 0. The predicted octanol–water partition coefficient (Wildman–Crippen LogP) is 1.12. The topological polar surface area (TPSA) is 72.9 Å². The molecule has 0 spiro atoms. The standard InChI is InChI=1S/C14H25N3O3/c18-13(19)6-1-2-7-15-14(20)17-10-4-9-16-8-3-5-12(16)11-17/h12H,1-11H2,(H,15,20)(H,18,19). The van der Waals surface area contributed by atoms with E-state index in [1.165, 1.54) is 19.4 Å². The fraction of sp³-hybridized carbons (Fsp3) is 0.857. The zero-order valence-corrected chi connectivity index (χ0v) is 12.0. The molecule has 20 heavy (non-hydrogen) atoms. The van der Waals surface area contributed by atoms with Crippen molar-refractivity contribution in [3.05, 3.63) is 0 Å². The van der Waals surface area contributed by atoms with Gasteiger partial charge in [0, 0.05) is 38.6 Å². The van der Waals surface area contributed by atoms with Crippen LogP contribution in [0.3, 0.4) is 0 Å². The number of hydrogen-bond donors (Lipinski definition) is 2. The second-order valence-corrected chi connectivity index (χ2v) is 5.71. The van der Waals surface area contributed by atoms with Crippen molar-refractivity contribution in [3.63, 3.8) is 0 Å². The van der Waals surface area contributed by atoms with Crippen LogP contribution in [0.5, 0.6) is 0 Å². The molecule has 2 rings (SSSR count). The number of urea groups is 1. The Hall–Kier alpha value is -1.30. The van der Waals surface area contributed by atoms with Crippen LogP contribution in [0.25, 0.3) is 0 Å². The Balaban J connectivity index is 1.67. The van der Waals surface area contributed by atoms with Gasteiger partial charge in [-0.05, 0) is 38.6 Å². The lowest BCUT2D eigenvalue weighted by atomic mass is 10.2. The molecule has 0 aliphatic carbocycles. The van der Waals surface area contributed by atoms with Gasteiger partial charge in [0.2, 0.25) is 0 Å². The van der Waals surface area contributed by atoms with Crippen molar-refractivity contribution >= 4 is 12.0 Å². The van der Waals surface area contributed by atoms with Crippen LogP contribution in [0, 0.1) is 0 Å². The van der Waals surface area contributed by atoms with Crippen molar-refractivity contribution in [1.82, 2.24) is 15.1 Å². The number of rotatable bonds is 5. The summed E-state index contributed by atoms with van der Waals surface area (Å²) < 4.78 is 0. The Bertz CT molecular complexity index is 349. The molecule has 2 heterocycles. The van der Waals surface area contributed by atoms with Gasteiger partial charge in [-0.15, -0.1) is 0 Å². The summed E-state index contributed by atoms with van der Waals surface area (Å²) in [5.74, 6) is -0.773. The van der Waals surface area contributed by atoms with Gasteiger partial charge in [-0.25, -0.2) is 4.79 Å². The van der Waals surface area contributed by atoms with Gasteiger partial charge < -0.3 is 15.3 Å². The number of fused-ring (bicyclic) bond motifs is 1. The van der Waals surface area contributed by atoms with E-state index in [9.17, 15) is 9.59 Å². The van der Waals surface area contributed by atoms with Gasteiger partial charge in [-0.3, -0.25) is 9.69 Å². The summed E-state index contributed by atoms with van der Waals surface area (Å²) in [4.78, 5) is 26.9. The Morgan fingerprint density at radius 3 is 2.75 bits per heavy atom. The molecular formula is C14H25N3O3. The molecule has 6 nitrogen and oxygen atoms in total. The highest BCUT2D eigenvalue weighted by Gasteiger charge is 2.30. The van der Waals surface area contributed by atoms with E-state index >= 15 is 0 Å². The molecule has 2 aliphatic rings. The molecule has 0 radical (unpaired) electrons. The summed E-state index contributed by atoms with van der Waals surface area (Å²) in [6, 6.07) is 0.546. The smallest absolute Gasteiger partial charge is 0.317 e. The van der Waals surface area contributed by atoms with Gasteiger partial charge in [0.25, 0.3) is 0 Å². The number of hydrogen-bond acceptors (Lipinski definition) is 3. The molecule has 1 atom stereocenters. The first-order chi connectivity index (χ1) is 9.66. The molecule has 2 saturated heterocycles. The first kappa shape index (κ1) is 15.1. The number of carbonyl (C=O) groups is 2. The van der Waals surface area contributed by atoms with Gasteiger partial charge in [0.1, 0.15) is 0 Å². The van der Waals surface area contributed by atoms with E-state index in [-0.39, 0.29) is 12.5 Å². The zero-order valence-electron chi connectivity index (χ0n) is 12.0. The van der Waals surface area contributed by atoms with Crippen LogP contribution in [-0.2, 0) is 4.79 Å². The molecule has 114 valence electrons. The molecule has 2 amide bonds. The maximum Gasteiger partial charge on any atom is 0.317 e. The Morgan fingerprint density at radius 2 is 1.95 bits per heavy atom. The minimum Gasteiger partial charge on any atom is -0.481 e. The summed E-state index contributed by atoms with van der Waals surface area (Å²) >= 11 is 0. The predicted molar refractivity (Wildman–Crippen MR) is 75.7 cm³/mol. The van der Waals surface area contributed by atoms with Gasteiger partial charge >= 0.3 is 12.0 Å². The fourth-order valence-corrected chi connectivity index (χ4v) is 3.10. The highest BCUT2D eigenvalue weighted by Crippen LogP contribution is 2.21. The Morgan fingerprint density at radius 1 is 1.15 bits per heavy atom. The summed E-state index contributed by atoms with van der Waals surface area (Å²) in [5, 5.41) is 11.5. The molecule has 0 bridgehead atoms. The average molecular weight is 283 g/mol. The van der Waals surface area contributed by atoms with Crippen molar-refractivity contribution in [3.8, 4) is 0 Å². The fourth-order valence-electron chi connectivity index (χ4n) is 3.10. The van der Waals surface area contributed by atoms with E-state index in [4.69, 9.17) is 5.11 Å². The molecule has 0 aromatic rings. The normalized spacial score (nSPS) is 23.2. The number of amides is 2. The van der Waals surface area contributed by atoms with Crippen molar-refractivity contribution in [2.45, 2.75) is 44.6 Å². The largest absolute Gasteiger partial charge is 0.481 e. The van der Waals surface area contributed by atoms with Gasteiger partial charge in [0.05, 0.1) is 0 Å². The lowest BCUT2D eigenvalue weighted by Crippen LogP contribution is -2.44. The molecule has 2 aliphatic heterocycles. The number of carbonyl (C=O) groups excluding carboxylic acids is 1. The molecular weight excluding hydrogens is 258 g/mol. The van der Waals surface area contributed by atoms with Crippen molar-refractivity contribution in [2.75, 3.05) is 32.7 Å². The van der Waals surface area contributed by atoms with Crippen LogP contribution in [-0.4, -0.2) is 65.7 Å². The number of nitrogens with one attached hydrogen (secondary N) is 1. The number of nitrogens with zero attached hydrogens (tertiary/aromatic N) is 2. The minimum absolute atomic E-state index is 0.00840. The highest BCUT2D eigenvalue weighted by molar-refractivity contribution is 5.74. The summed E-state index contributed by atoms with van der Waals surface area (Å²) in [7, 11) is 0. The van der Waals surface area contributed by atoms with Crippen LogP contribution in [0.2, 0.25) is 0 Å². The first-order valence-corrected chi connectivity index (χ1v) is 7.65. The highest BCUT2D eigenvalue weighted by atomic mass is 16.4. The van der Waals surface area contributed by atoms with E-state index in [1.54, 1.807) is 0 Å². The van der Waals surface area contributed by atoms with Gasteiger partial charge in [-0.2, -0.15) is 0 Å². The van der Waals surface area contributed by atoms with Crippen LogP contribution < -0.4 is 5.32 Å². The van der Waals surface area contributed by atoms with E-state index in [0.29, 0.717) is 19.0 Å². The Labute approximate surface area is 120 Å². The van der Waals surface area contributed by atoms with Crippen LogP contribution in [0.15, 0.2) is 0 Å². The maximum absolute atomic E-state index is 12.1. The van der Waals surface area contributed by atoms with Crippen LogP contribution in [0.1, 0.15) is 38.5 Å². The number of carboxylic acids is 1. The van der Waals surface area contributed by atoms with Crippen molar-refractivity contribution < 1.29 is 14.7 Å². The van der Waals surface area contributed by atoms with Crippen molar-refractivity contribution in [2.24, 2.45) is 0 Å². The minimum atomic E-state index is -0.773. The first-order valence-electron chi connectivity index (χ1n) is 7.65. The Kier molecular flexibility index (Phi) is 5.64. The number of carboxylic acid groups (broad SMARTS) is 1. The van der Waals surface area contributed by atoms with Crippen molar-refractivity contribution in [1.29, 1.82) is 0 Å². The summed E-state index contributed by atoms with van der Waals surface area (Å²) in [6.07, 6.45) is 5.00. The third-order valence-corrected chi connectivity index (χ3v) is 4.18. The number of unbranched alkanes of at least 4 members (excludes halogenated alkanes) is 1. The van der Waals surface area contributed by atoms with E-state index < -0.39 is 5.97 Å². The molecule has 0 aromatic heterocycles. The van der Waals surface area contributed by atoms with E-state index in [2.05, 4.69) is 10.2 Å². The summed E-state index contributed by atoms with van der Waals surface area (Å²) in [6.45, 7) is 4.51. The SMILES string of the molecule is O=C(O)CCCCNC(=O)N1CCCN2CCCC2C1. The number of aliphatic carboxylic acids is 1. The van der Waals surface area contributed by atoms with Crippen LogP contribution in [0.4, 0.5) is 4.79 Å². The van der Waals surface area contributed by atoms with E-state index in [1.807, 2.05) is 4.90 Å². The molecule has 6 heteroatoms. The molecule has 0 saturated carbocycles.